The van der Waals surface area contributed by atoms with E-state index in [1.807, 2.05) is 0 Å². The average molecular weight is 384 g/mol. The van der Waals surface area contributed by atoms with Gasteiger partial charge in [0.05, 0.1) is 12.2 Å². The van der Waals surface area contributed by atoms with E-state index >= 15 is 0 Å². The Labute approximate surface area is 159 Å². The molecule has 0 spiro atoms. The zero-order valence-corrected chi connectivity index (χ0v) is 14.9. The van der Waals surface area contributed by atoms with E-state index in [-0.39, 0.29) is 19.1 Å². The molecule has 0 bridgehead atoms. The fraction of sp³-hybridized carbons (Fsp3) is 0.167. The Morgan fingerprint density at radius 2 is 1.86 bits per heavy atom. The van der Waals surface area contributed by atoms with E-state index in [0.717, 1.165) is 5.69 Å². The van der Waals surface area contributed by atoms with Crippen LogP contribution in [-0.2, 0) is 9.59 Å². The first-order chi connectivity index (χ1) is 13.5. The number of benzene rings is 2. The summed E-state index contributed by atoms with van der Waals surface area (Å²) in [6, 6.07) is 12.2. The topological polar surface area (TPSA) is 102 Å². The molecule has 0 atom stereocenters. The van der Waals surface area contributed by atoms with Crippen LogP contribution in [0, 0.1) is 5.82 Å². The highest BCUT2D eigenvalue weighted by Gasteiger charge is 2.14. The van der Waals surface area contributed by atoms with Gasteiger partial charge in [-0.1, -0.05) is 0 Å². The van der Waals surface area contributed by atoms with Gasteiger partial charge in [0, 0.05) is 12.7 Å². The van der Waals surface area contributed by atoms with Crippen molar-refractivity contribution in [1.82, 2.24) is 25.1 Å². The van der Waals surface area contributed by atoms with Crippen LogP contribution >= 0.6 is 0 Å². The number of likely N-dealkylation sites (N-methyl/N-ethyl adjacent to an activating group) is 1. The molecular weight excluding hydrogens is 367 g/mol. The summed E-state index contributed by atoms with van der Waals surface area (Å²) in [7, 11) is 1.50. The second-order valence-corrected chi connectivity index (χ2v) is 5.84. The molecule has 3 aromatic rings. The number of rotatable bonds is 7. The fourth-order valence-corrected chi connectivity index (χ4v) is 2.27. The molecule has 1 N–H and O–H groups in total. The van der Waals surface area contributed by atoms with Crippen LogP contribution in [0.4, 0.5) is 10.1 Å². The molecule has 0 saturated carbocycles. The number of halogens is 1. The highest BCUT2D eigenvalue weighted by atomic mass is 19.1. The lowest BCUT2D eigenvalue weighted by molar-refractivity contribution is -0.135. The molecule has 0 saturated heterocycles. The predicted molar refractivity (Wildman–Crippen MR) is 97.3 cm³/mol. The molecule has 0 aliphatic rings. The Hall–Kier alpha value is -3.82. The highest BCUT2D eigenvalue weighted by Crippen LogP contribution is 2.14. The van der Waals surface area contributed by atoms with Crippen LogP contribution in [0.3, 0.4) is 0 Å². The smallest absolute Gasteiger partial charge is 0.260 e. The molecule has 0 aliphatic heterocycles. The summed E-state index contributed by atoms with van der Waals surface area (Å²) in [6.45, 7) is -0.373. The summed E-state index contributed by atoms with van der Waals surface area (Å²) in [4.78, 5) is 25.4. The van der Waals surface area contributed by atoms with Gasteiger partial charge in [-0.25, -0.2) is 9.07 Å². The minimum Gasteiger partial charge on any atom is -0.484 e. The molecule has 0 unspecified atom stereocenters. The van der Waals surface area contributed by atoms with E-state index in [1.54, 1.807) is 24.3 Å². The van der Waals surface area contributed by atoms with Crippen molar-refractivity contribution in [3.63, 3.8) is 0 Å². The summed E-state index contributed by atoms with van der Waals surface area (Å²) < 4.78 is 19.8. The molecule has 9 nitrogen and oxygen atoms in total. The van der Waals surface area contributed by atoms with Crippen LogP contribution in [-0.4, -0.2) is 57.1 Å². The van der Waals surface area contributed by atoms with Crippen molar-refractivity contribution < 1.29 is 18.7 Å². The van der Waals surface area contributed by atoms with E-state index in [2.05, 4.69) is 20.8 Å². The van der Waals surface area contributed by atoms with Gasteiger partial charge in [0.1, 0.15) is 17.9 Å². The summed E-state index contributed by atoms with van der Waals surface area (Å²) in [5, 5.41) is 13.5. The van der Waals surface area contributed by atoms with Gasteiger partial charge in [-0.2, -0.15) is 0 Å². The third-order valence-electron chi connectivity index (χ3n) is 3.75. The maximum absolute atomic E-state index is 12.9. The molecule has 10 heteroatoms. The lowest BCUT2D eigenvalue weighted by Gasteiger charge is -2.17. The number of carbonyl (C=O) groups excluding carboxylic acids is 2. The molecule has 0 radical (unpaired) electrons. The number of aromatic nitrogens is 4. The first-order valence-electron chi connectivity index (χ1n) is 8.27. The van der Waals surface area contributed by atoms with Crippen LogP contribution in [0.1, 0.15) is 0 Å². The van der Waals surface area contributed by atoms with Crippen LogP contribution in [0.2, 0.25) is 0 Å². The number of amides is 2. The average Bonchev–Trinajstić information content (AvgIpc) is 3.23. The molecule has 0 fully saturated rings. The number of nitrogens with zero attached hydrogens (tertiary/aromatic N) is 5. The first-order valence-corrected chi connectivity index (χ1v) is 8.27. The van der Waals surface area contributed by atoms with Gasteiger partial charge < -0.3 is 15.0 Å². The standard InChI is InChI=1S/C18H17FN6O3/c1-24(10-17(26)21-14-4-2-13(19)3-5-14)18(27)11-28-16-8-6-15(7-9-16)25-12-20-22-23-25/h2-9,12H,10-11H2,1H3,(H,21,26). The SMILES string of the molecule is CN(CC(=O)Nc1ccc(F)cc1)C(=O)COc1ccc(-n2cnnn2)cc1. The minimum atomic E-state index is -0.395. The third-order valence-corrected chi connectivity index (χ3v) is 3.75. The summed E-state index contributed by atoms with van der Waals surface area (Å²) in [6.07, 6.45) is 1.46. The maximum atomic E-state index is 12.9. The minimum absolute atomic E-state index is 0.155. The Morgan fingerprint density at radius 1 is 1.14 bits per heavy atom. The van der Waals surface area contributed by atoms with Crippen molar-refractivity contribution in [2.45, 2.75) is 0 Å². The van der Waals surface area contributed by atoms with Crippen molar-refractivity contribution in [2.24, 2.45) is 0 Å². The molecule has 1 heterocycles. The monoisotopic (exact) mass is 384 g/mol. The van der Waals surface area contributed by atoms with E-state index in [1.165, 1.54) is 47.2 Å². The van der Waals surface area contributed by atoms with Gasteiger partial charge in [-0.3, -0.25) is 9.59 Å². The number of nitrogens with one attached hydrogen (secondary N) is 1. The molecular formula is C18H17FN6O3. The Morgan fingerprint density at radius 3 is 2.50 bits per heavy atom. The fourth-order valence-electron chi connectivity index (χ4n) is 2.27. The highest BCUT2D eigenvalue weighted by molar-refractivity contribution is 5.94. The van der Waals surface area contributed by atoms with Crippen LogP contribution < -0.4 is 10.1 Å². The van der Waals surface area contributed by atoms with E-state index < -0.39 is 11.7 Å². The third kappa shape index (κ3) is 5.10. The van der Waals surface area contributed by atoms with Gasteiger partial charge in [0.15, 0.2) is 6.61 Å². The normalized spacial score (nSPS) is 10.4. The van der Waals surface area contributed by atoms with E-state index in [9.17, 15) is 14.0 Å². The number of tetrazole rings is 1. The zero-order chi connectivity index (χ0) is 19.9. The number of hydrogen-bond acceptors (Lipinski definition) is 6. The Balaban J connectivity index is 1.46. The van der Waals surface area contributed by atoms with Crippen molar-refractivity contribution in [3.8, 4) is 11.4 Å². The summed E-state index contributed by atoms with van der Waals surface area (Å²) in [5.41, 5.74) is 1.20. The van der Waals surface area contributed by atoms with Gasteiger partial charge in [-0.05, 0) is 59.0 Å². The van der Waals surface area contributed by atoms with Gasteiger partial charge >= 0.3 is 0 Å². The van der Waals surface area contributed by atoms with Crippen molar-refractivity contribution >= 4 is 17.5 Å². The molecule has 2 aromatic carbocycles. The molecule has 1 aromatic heterocycles. The van der Waals surface area contributed by atoms with Gasteiger partial charge in [0.25, 0.3) is 5.91 Å². The first kappa shape index (κ1) is 19.0. The lowest BCUT2D eigenvalue weighted by Crippen LogP contribution is -2.37. The molecule has 3 rings (SSSR count). The molecule has 28 heavy (non-hydrogen) atoms. The number of anilines is 1. The summed E-state index contributed by atoms with van der Waals surface area (Å²) >= 11 is 0. The van der Waals surface area contributed by atoms with Crippen LogP contribution in [0.15, 0.2) is 54.9 Å². The van der Waals surface area contributed by atoms with Gasteiger partial charge in [0.2, 0.25) is 5.91 Å². The van der Waals surface area contributed by atoms with E-state index in [0.29, 0.717) is 11.4 Å². The van der Waals surface area contributed by atoms with E-state index in [4.69, 9.17) is 4.74 Å². The van der Waals surface area contributed by atoms with Crippen molar-refractivity contribution in [3.05, 3.63) is 60.7 Å². The quantitative estimate of drug-likeness (QED) is 0.658. The van der Waals surface area contributed by atoms with Gasteiger partial charge in [-0.15, -0.1) is 5.10 Å². The number of hydrogen-bond donors (Lipinski definition) is 1. The van der Waals surface area contributed by atoms with Crippen molar-refractivity contribution in [1.29, 1.82) is 0 Å². The van der Waals surface area contributed by atoms with Crippen LogP contribution in [0.25, 0.3) is 5.69 Å². The summed E-state index contributed by atoms with van der Waals surface area (Å²) in [5.74, 6) is -0.658. The molecule has 2 amide bonds. The molecule has 0 aliphatic carbocycles. The van der Waals surface area contributed by atoms with Crippen molar-refractivity contribution in [2.75, 3.05) is 25.5 Å². The second kappa shape index (κ2) is 8.71. The molecule has 144 valence electrons. The number of ether oxygens (including phenoxy) is 1. The van der Waals surface area contributed by atoms with Crippen LogP contribution in [0.5, 0.6) is 5.75 Å². The lowest BCUT2D eigenvalue weighted by atomic mass is 10.3. The largest absolute Gasteiger partial charge is 0.484 e. The Bertz CT molecular complexity index is 929. The zero-order valence-electron chi connectivity index (χ0n) is 14.9. The second-order valence-electron chi connectivity index (χ2n) is 5.84. The maximum Gasteiger partial charge on any atom is 0.260 e. The Kier molecular flexibility index (Phi) is 5.90. The predicted octanol–water partition coefficient (Wildman–Crippen LogP) is 1.28. The number of carbonyl (C=O) groups is 2.